The second kappa shape index (κ2) is 8.71. The molecule has 3 rings (SSSR count). The number of aromatic nitrogens is 1. The van der Waals surface area contributed by atoms with Gasteiger partial charge in [0.15, 0.2) is 0 Å². The second-order valence-electron chi connectivity index (χ2n) is 5.85. The van der Waals surface area contributed by atoms with Crippen LogP contribution in [0.2, 0.25) is 0 Å². The maximum atomic E-state index is 13.6. The van der Waals surface area contributed by atoms with Crippen LogP contribution in [-0.2, 0) is 6.42 Å². The van der Waals surface area contributed by atoms with Crippen molar-refractivity contribution in [3.8, 4) is 0 Å². The van der Waals surface area contributed by atoms with E-state index in [9.17, 15) is 14.0 Å². The summed E-state index contributed by atoms with van der Waals surface area (Å²) in [6.45, 7) is 0.299. The third kappa shape index (κ3) is 4.98. The van der Waals surface area contributed by atoms with E-state index in [0.717, 1.165) is 0 Å². The fourth-order valence-corrected chi connectivity index (χ4v) is 2.53. The predicted molar refractivity (Wildman–Crippen MR) is 101 cm³/mol. The monoisotopic (exact) mass is 363 g/mol. The first-order valence-corrected chi connectivity index (χ1v) is 8.47. The lowest BCUT2D eigenvalue weighted by Crippen LogP contribution is -2.26. The molecule has 0 spiro atoms. The molecule has 1 heterocycles. The standard InChI is InChI=1S/C21H18FN3O2/c22-18-9-5-4-6-15(18)10-13-24-20(26)17-11-12-23-19(14-17)25-21(27)16-7-2-1-3-8-16/h1-9,11-12,14H,10,13H2,(H,24,26)(H,23,25,27). The molecule has 0 radical (unpaired) electrons. The Morgan fingerprint density at radius 1 is 0.889 bits per heavy atom. The zero-order valence-electron chi connectivity index (χ0n) is 14.5. The van der Waals surface area contributed by atoms with Crippen molar-refractivity contribution in [2.75, 3.05) is 11.9 Å². The van der Waals surface area contributed by atoms with Crippen LogP contribution in [0.1, 0.15) is 26.3 Å². The minimum atomic E-state index is -0.316. The molecule has 5 nitrogen and oxygen atoms in total. The molecule has 27 heavy (non-hydrogen) atoms. The number of nitrogens with one attached hydrogen (secondary N) is 2. The van der Waals surface area contributed by atoms with Crippen molar-refractivity contribution in [2.45, 2.75) is 6.42 Å². The number of carbonyl (C=O) groups excluding carboxylic acids is 2. The summed E-state index contributed by atoms with van der Waals surface area (Å²) in [5.74, 6) is -0.628. The average Bonchev–Trinajstić information content (AvgIpc) is 2.70. The van der Waals surface area contributed by atoms with Crippen LogP contribution in [0, 0.1) is 5.82 Å². The SMILES string of the molecule is O=C(NCCc1ccccc1F)c1ccnc(NC(=O)c2ccccc2)c1. The highest BCUT2D eigenvalue weighted by molar-refractivity contribution is 6.04. The van der Waals surface area contributed by atoms with Gasteiger partial charge in [0, 0.05) is 23.9 Å². The van der Waals surface area contributed by atoms with Gasteiger partial charge >= 0.3 is 0 Å². The number of amides is 2. The Balaban J connectivity index is 1.58. The number of halogens is 1. The van der Waals surface area contributed by atoms with Crippen molar-refractivity contribution >= 4 is 17.6 Å². The zero-order valence-corrected chi connectivity index (χ0v) is 14.5. The Hall–Kier alpha value is -3.54. The van der Waals surface area contributed by atoms with Gasteiger partial charge in [-0.05, 0) is 42.3 Å². The molecule has 2 N–H and O–H groups in total. The molecule has 0 saturated heterocycles. The molecule has 0 aliphatic carbocycles. The van der Waals surface area contributed by atoms with Crippen molar-refractivity contribution in [1.82, 2.24) is 10.3 Å². The van der Waals surface area contributed by atoms with Gasteiger partial charge in [-0.25, -0.2) is 9.37 Å². The Kier molecular flexibility index (Phi) is 5.89. The van der Waals surface area contributed by atoms with Crippen LogP contribution in [0.3, 0.4) is 0 Å². The lowest BCUT2D eigenvalue weighted by molar-refractivity contribution is 0.0952. The maximum Gasteiger partial charge on any atom is 0.256 e. The van der Waals surface area contributed by atoms with E-state index < -0.39 is 0 Å². The molecule has 0 saturated carbocycles. The Morgan fingerprint density at radius 3 is 2.41 bits per heavy atom. The molecule has 136 valence electrons. The van der Waals surface area contributed by atoms with Crippen LogP contribution in [-0.4, -0.2) is 23.3 Å². The molecule has 0 bridgehead atoms. The van der Waals surface area contributed by atoms with Gasteiger partial charge in [-0.2, -0.15) is 0 Å². The molecular weight excluding hydrogens is 345 g/mol. The number of anilines is 1. The van der Waals surface area contributed by atoms with E-state index in [4.69, 9.17) is 0 Å². The topological polar surface area (TPSA) is 71.1 Å². The average molecular weight is 363 g/mol. The number of rotatable bonds is 6. The highest BCUT2D eigenvalue weighted by Crippen LogP contribution is 2.10. The molecule has 2 aromatic carbocycles. The first kappa shape index (κ1) is 18.3. The van der Waals surface area contributed by atoms with Crippen molar-refractivity contribution in [2.24, 2.45) is 0 Å². The fourth-order valence-electron chi connectivity index (χ4n) is 2.53. The summed E-state index contributed by atoms with van der Waals surface area (Å²) in [5, 5.41) is 5.40. The smallest absolute Gasteiger partial charge is 0.256 e. The van der Waals surface area contributed by atoms with E-state index in [0.29, 0.717) is 29.7 Å². The third-order valence-electron chi connectivity index (χ3n) is 3.94. The summed E-state index contributed by atoms with van der Waals surface area (Å²) in [6.07, 6.45) is 1.84. The molecule has 0 aliphatic heterocycles. The number of hydrogen-bond acceptors (Lipinski definition) is 3. The molecular formula is C21H18FN3O2. The molecule has 0 fully saturated rings. The first-order chi connectivity index (χ1) is 13.1. The van der Waals surface area contributed by atoms with Gasteiger partial charge in [0.2, 0.25) is 0 Å². The molecule has 3 aromatic rings. The molecule has 2 amide bonds. The van der Waals surface area contributed by atoms with Gasteiger partial charge in [0.1, 0.15) is 11.6 Å². The van der Waals surface area contributed by atoms with Gasteiger partial charge in [-0.3, -0.25) is 9.59 Å². The zero-order chi connectivity index (χ0) is 19.1. The number of pyridine rings is 1. The number of hydrogen-bond donors (Lipinski definition) is 2. The minimum Gasteiger partial charge on any atom is -0.352 e. The van der Waals surface area contributed by atoms with Crippen LogP contribution in [0.4, 0.5) is 10.2 Å². The Morgan fingerprint density at radius 2 is 1.63 bits per heavy atom. The lowest BCUT2D eigenvalue weighted by atomic mass is 10.1. The van der Waals surface area contributed by atoms with Crippen molar-refractivity contribution in [3.63, 3.8) is 0 Å². The maximum absolute atomic E-state index is 13.6. The number of carbonyl (C=O) groups is 2. The normalized spacial score (nSPS) is 10.3. The van der Waals surface area contributed by atoms with Crippen LogP contribution in [0.15, 0.2) is 72.9 Å². The molecule has 1 aromatic heterocycles. The summed E-state index contributed by atoms with van der Waals surface area (Å²) >= 11 is 0. The van der Waals surface area contributed by atoms with E-state index in [1.807, 2.05) is 6.07 Å². The highest BCUT2D eigenvalue weighted by Gasteiger charge is 2.10. The summed E-state index contributed by atoms with van der Waals surface area (Å²) in [7, 11) is 0. The minimum absolute atomic E-state index is 0.283. The second-order valence-corrected chi connectivity index (χ2v) is 5.85. The highest BCUT2D eigenvalue weighted by atomic mass is 19.1. The third-order valence-corrected chi connectivity index (χ3v) is 3.94. The Labute approximate surface area is 156 Å². The molecule has 0 atom stereocenters. The van der Waals surface area contributed by atoms with Crippen LogP contribution < -0.4 is 10.6 Å². The molecule has 0 aliphatic rings. The van der Waals surface area contributed by atoms with Gasteiger partial charge in [0.05, 0.1) is 0 Å². The van der Waals surface area contributed by atoms with Gasteiger partial charge in [-0.15, -0.1) is 0 Å². The first-order valence-electron chi connectivity index (χ1n) is 8.47. The number of benzene rings is 2. The summed E-state index contributed by atoms with van der Waals surface area (Å²) in [6, 6.07) is 18.2. The quantitative estimate of drug-likeness (QED) is 0.705. The van der Waals surface area contributed by atoms with Crippen LogP contribution >= 0.6 is 0 Å². The van der Waals surface area contributed by atoms with E-state index in [1.165, 1.54) is 18.3 Å². The van der Waals surface area contributed by atoms with Crippen LogP contribution in [0.5, 0.6) is 0 Å². The summed E-state index contributed by atoms with van der Waals surface area (Å²) in [4.78, 5) is 28.5. The number of nitrogens with zero attached hydrogens (tertiary/aromatic N) is 1. The summed E-state index contributed by atoms with van der Waals surface area (Å²) in [5.41, 5.74) is 1.41. The largest absolute Gasteiger partial charge is 0.352 e. The van der Waals surface area contributed by atoms with Gasteiger partial charge in [0.25, 0.3) is 11.8 Å². The molecule has 6 heteroatoms. The van der Waals surface area contributed by atoms with E-state index >= 15 is 0 Å². The van der Waals surface area contributed by atoms with Crippen molar-refractivity contribution in [1.29, 1.82) is 0 Å². The van der Waals surface area contributed by atoms with Gasteiger partial charge < -0.3 is 10.6 Å². The molecule has 0 unspecified atom stereocenters. The van der Waals surface area contributed by atoms with E-state index in [-0.39, 0.29) is 23.4 Å². The predicted octanol–water partition coefficient (Wildman–Crippen LogP) is 3.45. The van der Waals surface area contributed by atoms with Crippen LogP contribution in [0.25, 0.3) is 0 Å². The summed E-state index contributed by atoms with van der Waals surface area (Å²) < 4.78 is 13.6. The van der Waals surface area contributed by atoms with Crippen molar-refractivity contribution < 1.29 is 14.0 Å². The lowest BCUT2D eigenvalue weighted by Gasteiger charge is -2.08. The van der Waals surface area contributed by atoms with E-state index in [2.05, 4.69) is 15.6 Å². The fraction of sp³-hybridized carbons (Fsp3) is 0.0952. The van der Waals surface area contributed by atoms with E-state index in [1.54, 1.807) is 48.5 Å². The Bertz CT molecular complexity index is 945. The van der Waals surface area contributed by atoms with Gasteiger partial charge in [-0.1, -0.05) is 36.4 Å². The van der Waals surface area contributed by atoms with Crippen molar-refractivity contribution in [3.05, 3.63) is 95.4 Å².